The fourth-order valence-electron chi connectivity index (χ4n) is 1.07. The molecule has 0 saturated heterocycles. The third-order valence-electron chi connectivity index (χ3n) is 2.38. The van der Waals surface area contributed by atoms with E-state index in [2.05, 4.69) is 29.4 Å². The van der Waals surface area contributed by atoms with Crippen LogP contribution in [0.5, 0.6) is 0 Å². The standard InChI is InChI=1S/C9H15N3O/c1-3-6(2)8-11-12-9(13-8)10-7-4-5-7/h6-7H,3-5H2,1-2H3,(H,10,12). The average Bonchev–Trinajstić information content (AvgIpc) is 2.81. The maximum Gasteiger partial charge on any atom is 0.315 e. The molecule has 4 heteroatoms. The minimum Gasteiger partial charge on any atom is -0.408 e. The van der Waals surface area contributed by atoms with Gasteiger partial charge in [-0.15, -0.1) is 5.10 Å². The van der Waals surface area contributed by atoms with Crippen molar-refractivity contribution in [3.63, 3.8) is 0 Å². The van der Waals surface area contributed by atoms with Crippen LogP contribution < -0.4 is 5.32 Å². The summed E-state index contributed by atoms with van der Waals surface area (Å²) >= 11 is 0. The molecular weight excluding hydrogens is 166 g/mol. The van der Waals surface area contributed by atoms with Crippen molar-refractivity contribution >= 4 is 6.01 Å². The molecule has 1 N–H and O–H groups in total. The molecular formula is C9H15N3O. The number of nitrogens with one attached hydrogen (secondary N) is 1. The fraction of sp³-hybridized carbons (Fsp3) is 0.778. The topological polar surface area (TPSA) is 51.0 Å². The van der Waals surface area contributed by atoms with Crippen LogP contribution in [0.1, 0.15) is 44.9 Å². The molecule has 1 unspecified atom stereocenters. The lowest BCUT2D eigenvalue weighted by Crippen LogP contribution is -2.00. The van der Waals surface area contributed by atoms with E-state index in [9.17, 15) is 0 Å². The molecule has 0 amide bonds. The molecule has 1 fully saturated rings. The molecule has 1 heterocycles. The van der Waals surface area contributed by atoms with E-state index in [1.165, 1.54) is 12.8 Å². The van der Waals surface area contributed by atoms with E-state index >= 15 is 0 Å². The molecule has 0 radical (unpaired) electrons. The summed E-state index contributed by atoms with van der Waals surface area (Å²) in [6.45, 7) is 4.21. The van der Waals surface area contributed by atoms with Gasteiger partial charge in [-0.3, -0.25) is 0 Å². The van der Waals surface area contributed by atoms with E-state index in [1.807, 2.05) is 0 Å². The first-order valence-corrected chi connectivity index (χ1v) is 4.89. The number of nitrogens with zero attached hydrogens (tertiary/aromatic N) is 2. The zero-order valence-electron chi connectivity index (χ0n) is 8.08. The van der Waals surface area contributed by atoms with Crippen molar-refractivity contribution in [3.05, 3.63) is 5.89 Å². The molecule has 1 aromatic heterocycles. The highest BCUT2D eigenvalue weighted by molar-refractivity contribution is 5.22. The molecule has 13 heavy (non-hydrogen) atoms. The predicted molar refractivity (Wildman–Crippen MR) is 49.6 cm³/mol. The second kappa shape index (κ2) is 3.36. The fourth-order valence-corrected chi connectivity index (χ4v) is 1.07. The van der Waals surface area contributed by atoms with Crippen molar-refractivity contribution < 1.29 is 4.42 Å². The lowest BCUT2D eigenvalue weighted by atomic mass is 10.1. The van der Waals surface area contributed by atoms with Crippen molar-refractivity contribution in [1.29, 1.82) is 0 Å². The van der Waals surface area contributed by atoms with Crippen LogP contribution in [0, 0.1) is 0 Å². The van der Waals surface area contributed by atoms with Crippen molar-refractivity contribution in [2.24, 2.45) is 0 Å². The van der Waals surface area contributed by atoms with Gasteiger partial charge in [-0.25, -0.2) is 0 Å². The van der Waals surface area contributed by atoms with Crippen LogP contribution in [-0.2, 0) is 0 Å². The summed E-state index contributed by atoms with van der Waals surface area (Å²) in [5.41, 5.74) is 0. The van der Waals surface area contributed by atoms with Crippen molar-refractivity contribution in [2.45, 2.75) is 45.1 Å². The lowest BCUT2D eigenvalue weighted by molar-refractivity contribution is 0.461. The Labute approximate surface area is 77.7 Å². The van der Waals surface area contributed by atoms with Crippen LogP contribution in [0.2, 0.25) is 0 Å². The van der Waals surface area contributed by atoms with Gasteiger partial charge in [0.15, 0.2) is 0 Å². The van der Waals surface area contributed by atoms with Gasteiger partial charge in [0.25, 0.3) is 0 Å². The molecule has 1 aromatic rings. The van der Waals surface area contributed by atoms with Gasteiger partial charge in [-0.1, -0.05) is 18.9 Å². The predicted octanol–water partition coefficient (Wildman–Crippen LogP) is 2.16. The monoisotopic (exact) mass is 181 g/mol. The maximum atomic E-state index is 5.45. The number of anilines is 1. The molecule has 1 saturated carbocycles. The Kier molecular flexibility index (Phi) is 2.20. The largest absolute Gasteiger partial charge is 0.408 e. The molecule has 0 aliphatic heterocycles. The Morgan fingerprint density at radius 2 is 2.31 bits per heavy atom. The highest BCUT2D eigenvalue weighted by atomic mass is 16.4. The summed E-state index contributed by atoms with van der Waals surface area (Å²) in [4.78, 5) is 0. The number of rotatable bonds is 4. The Bertz CT molecular complexity index is 280. The highest BCUT2D eigenvalue weighted by Gasteiger charge is 2.23. The van der Waals surface area contributed by atoms with E-state index in [1.54, 1.807) is 0 Å². The Balaban J connectivity index is 1.99. The zero-order chi connectivity index (χ0) is 9.26. The minimum atomic E-state index is 0.363. The lowest BCUT2D eigenvalue weighted by Gasteiger charge is -2.00. The van der Waals surface area contributed by atoms with Gasteiger partial charge >= 0.3 is 6.01 Å². The molecule has 0 bridgehead atoms. The van der Waals surface area contributed by atoms with Crippen LogP contribution in [0.25, 0.3) is 0 Å². The summed E-state index contributed by atoms with van der Waals surface area (Å²) in [7, 11) is 0. The molecule has 72 valence electrons. The van der Waals surface area contributed by atoms with Crippen LogP contribution in [0.3, 0.4) is 0 Å². The van der Waals surface area contributed by atoms with Gasteiger partial charge in [0.05, 0.1) is 0 Å². The summed E-state index contributed by atoms with van der Waals surface area (Å²) in [6.07, 6.45) is 3.48. The molecule has 0 aromatic carbocycles. The third-order valence-corrected chi connectivity index (χ3v) is 2.38. The molecule has 2 rings (SSSR count). The van der Waals surface area contributed by atoms with Crippen LogP contribution in [0.15, 0.2) is 4.42 Å². The SMILES string of the molecule is CCC(C)c1nnc(NC2CC2)o1. The van der Waals surface area contributed by atoms with Gasteiger partial charge in [-0.2, -0.15) is 0 Å². The van der Waals surface area contributed by atoms with Gasteiger partial charge in [0.2, 0.25) is 5.89 Å². The normalized spacial score (nSPS) is 18.6. The second-order valence-corrected chi connectivity index (χ2v) is 3.67. The number of hydrogen-bond donors (Lipinski definition) is 1. The van der Waals surface area contributed by atoms with Gasteiger partial charge in [-0.05, 0) is 19.3 Å². The van der Waals surface area contributed by atoms with Gasteiger partial charge in [0, 0.05) is 12.0 Å². The van der Waals surface area contributed by atoms with Crippen LogP contribution in [0.4, 0.5) is 6.01 Å². The minimum absolute atomic E-state index is 0.363. The van der Waals surface area contributed by atoms with Crippen LogP contribution in [-0.4, -0.2) is 16.2 Å². The van der Waals surface area contributed by atoms with E-state index in [0.717, 1.165) is 12.3 Å². The second-order valence-electron chi connectivity index (χ2n) is 3.67. The van der Waals surface area contributed by atoms with Crippen molar-refractivity contribution in [1.82, 2.24) is 10.2 Å². The quantitative estimate of drug-likeness (QED) is 0.773. The van der Waals surface area contributed by atoms with E-state index in [-0.39, 0.29) is 0 Å². The summed E-state index contributed by atoms with van der Waals surface area (Å²) in [5, 5.41) is 11.1. The Hall–Kier alpha value is -1.06. The Morgan fingerprint density at radius 3 is 2.92 bits per heavy atom. The van der Waals surface area contributed by atoms with E-state index in [0.29, 0.717) is 18.0 Å². The zero-order valence-corrected chi connectivity index (χ0v) is 8.08. The summed E-state index contributed by atoms with van der Waals surface area (Å²) in [6, 6.07) is 1.16. The number of hydrogen-bond acceptors (Lipinski definition) is 4. The van der Waals surface area contributed by atoms with E-state index < -0.39 is 0 Å². The summed E-state index contributed by atoms with van der Waals surface area (Å²) in [5.74, 6) is 1.10. The molecule has 1 aliphatic rings. The van der Waals surface area contributed by atoms with Crippen molar-refractivity contribution in [3.8, 4) is 0 Å². The molecule has 1 atom stereocenters. The van der Waals surface area contributed by atoms with Crippen LogP contribution >= 0.6 is 0 Å². The first-order chi connectivity index (χ1) is 6.29. The highest BCUT2D eigenvalue weighted by Crippen LogP contribution is 2.25. The Morgan fingerprint density at radius 1 is 1.54 bits per heavy atom. The molecule has 0 spiro atoms. The smallest absolute Gasteiger partial charge is 0.315 e. The first-order valence-electron chi connectivity index (χ1n) is 4.89. The van der Waals surface area contributed by atoms with E-state index in [4.69, 9.17) is 4.42 Å². The maximum absolute atomic E-state index is 5.45. The molecule has 4 nitrogen and oxygen atoms in total. The first kappa shape index (κ1) is 8.53. The van der Waals surface area contributed by atoms with Gasteiger partial charge in [0.1, 0.15) is 0 Å². The van der Waals surface area contributed by atoms with Gasteiger partial charge < -0.3 is 9.73 Å². The summed E-state index contributed by atoms with van der Waals surface area (Å²) < 4.78 is 5.45. The number of aromatic nitrogens is 2. The molecule has 1 aliphatic carbocycles. The third kappa shape index (κ3) is 1.99. The van der Waals surface area contributed by atoms with Crippen molar-refractivity contribution in [2.75, 3.05) is 5.32 Å². The average molecular weight is 181 g/mol.